The van der Waals surface area contributed by atoms with Crippen molar-refractivity contribution in [1.29, 1.82) is 0 Å². The Kier molecular flexibility index (Phi) is 3.57. The normalized spacial score (nSPS) is 12.9. The van der Waals surface area contributed by atoms with Gasteiger partial charge in [0.05, 0.1) is 23.5 Å². The van der Waals surface area contributed by atoms with E-state index in [1.54, 1.807) is 23.1 Å². The zero-order chi connectivity index (χ0) is 13.1. The Bertz CT molecular complexity index is 548. The fraction of sp³-hybridized carbons (Fsp3) is 0.417. The van der Waals surface area contributed by atoms with E-state index in [2.05, 4.69) is 15.4 Å². The van der Waals surface area contributed by atoms with Crippen molar-refractivity contribution < 1.29 is 4.79 Å². The lowest BCUT2D eigenvalue weighted by Crippen LogP contribution is -2.40. The van der Waals surface area contributed by atoms with Gasteiger partial charge in [0.25, 0.3) is 5.91 Å². The number of hydrogen-bond donors (Lipinski definition) is 2. The van der Waals surface area contributed by atoms with Crippen LogP contribution in [0.25, 0.3) is 5.52 Å². The number of nitrogens with two attached hydrogens (primary N) is 1. The molecule has 0 fully saturated rings. The molecule has 2 heterocycles. The van der Waals surface area contributed by atoms with Gasteiger partial charge in [-0.1, -0.05) is 13.8 Å². The molecule has 2 rings (SSSR count). The van der Waals surface area contributed by atoms with Gasteiger partial charge in [0.2, 0.25) is 0 Å². The molecule has 0 saturated heterocycles. The van der Waals surface area contributed by atoms with Crippen LogP contribution < -0.4 is 11.1 Å². The van der Waals surface area contributed by atoms with Crippen molar-refractivity contribution >= 4 is 11.4 Å². The van der Waals surface area contributed by atoms with Crippen LogP contribution in [0, 0.1) is 5.92 Å². The van der Waals surface area contributed by atoms with Crippen LogP contribution in [0.3, 0.4) is 0 Å². The highest BCUT2D eigenvalue weighted by molar-refractivity contribution is 6.00. The van der Waals surface area contributed by atoms with Crippen molar-refractivity contribution in [3.8, 4) is 0 Å². The number of rotatable bonds is 4. The Morgan fingerprint density at radius 3 is 3.00 bits per heavy atom. The van der Waals surface area contributed by atoms with Gasteiger partial charge in [-0.15, -0.1) is 0 Å². The van der Waals surface area contributed by atoms with E-state index in [0.29, 0.717) is 23.5 Å². The van der Waals surface area contributed by atoms with E-state index in [0.717, 1.165) is 0 Å². The molecule has 0 radical (unpaired) electrons. The molecule has 0 aliphatic heterocycles. The third-order valence-electron chi connectivity index (χ3n) is 2.92. The molecule has 0 aliphatic rings. The minimum atomic E-state index is -0.172. The van der Waals surface area contributed by atoms with E-state index in [-0.39, 0.29) is 11.9 Å². The Balaban J connectivity index is 2.10. The number of carbonyl (C=O) groups is 1. The summed E-state index contributed by atoms with van der Waals surface area (Å²) in [5.74, 6) is 0.157. The first-order valence-electron chi connectivity index (χ1n) is 5.90. The molecule has 0 aliphatic carbocycles. The van der Waals surface area contributed by atoms with Crippen LogP contribution in [0.1, 0.15) is 24.2 Å². The molecule has 1 atom stereocenters. The van der Waals surface area contributed by atoms with Crippen molar-refractivity contribution in [3.63, 3.8) is 0 Å². The van der Waals surface area contributed by atoms with Crippen LogP contribution in [0.2, 0.25) is 0 Å². The van der Waals surface area contributed by atoms with Crippen molar-refractivity contribution in [2.75, 3.05) is 6.54 Å². The maximum Gasteiger partial charge on any atom is 0.255 e. The Morgan fingerprint density at radius 1 is 1.50 bits per heavy atom. The molecule has 0 aromatic carbocycles. The lowest BCUT2D eigenvalue weighted by Gasteiger charge is -2.15. The van der Waals surface area contributed by atoms with Gasteiger partial charge >= 0.3 is 0 Å². The predicted molar refractivity (Wildman–Crippen MR) is 68.1 cm³/mol. The molecular weight excluding hydrogens is 230 g/mol. The molecule has 0 spiro atoms. The first-order valence-corrected chi connectivity index (χ1v) is 5.90. The third kappa shape index (κ3) is 2.48. The van der Waals surface area contributed by atoms with Gasteiger partial charge in [0.1, 0.15) is 0 Å². The molecule has 1 amide bonds. The molecule has 6 nitrogen and oxygen atoms in total. The Morgan fingerprint density at radius 2 is 2.28 bits per heavy atom. The first kappa shape index (κ1) is 12.5. The van der Waals surface area contributed by atoms with E-state index < -0.39 is 0 Å². The number of amides is 1. The summed E-state index contributed by atoms with van der Waals surface area (Å²) in [5, 5.41) is 6.90. The van der Waals surface area contributed by atoms with Crippen LogP contribution in [-0.2, 0) is 0 Å². The van der Waals surface area contributed by atoms with Gasteiger partial charge in [-0.25, -0.2) is 4.52 Å². The van der Waals surface area contributed by atoms with Gasteiger partial charge in [0, 0.05) is 25.0 Å². The fourth-order valence-electron chi connectivity index (χ4n) is 1.55. The van der Waals surface area contributed by atoms with Crippen LogP contribution >= 0.6 is 0 Å². The summed E-state index contributed by atoms with van der Waals surface area (Å²) in [7, 11) is 0. The molecule has 2 aromatic rings. The molecule has 96 valence electrons. The summed E-state index contributed by atoms with van der Waals surface area (Å²) < 4.78 is 1.62. The van der Waals surface area contributed by atoms with Crippen molar-refractivity contribution in [3.05, 3.63) is 30.4 Å². The van der Waals surface area contributed by atoms with Gasteiger partial charge in [0.15, 0.2) is 0 Å². The lowest BCUT2D eigenvalue weighted by molar-refractivity contribution is 0.0951. The second kappa shape index (κ2) is 5.14. The molecule has 0 bridgehead atoms. The van der Waals surface area contributed by atoms with Crippen molar-refractivity contribution in [2.24, 2.45) is 11.7 Å². The van der Waals surface area contributed by atoms with E-state index in [1.165, 1.54) is 6.20 Å². The number of aromatic nitrogens is 3. The van der Waals surface area contributed by atoms with Gasteiger partial charge in [-0.05, 0) is 5.92 Å². The lowest BCUT2D eigenvalue weighted by atomic mass is 10.1. The van der Waals surface area contributed by atoms with Crippen LogP contribution in [0.5, 0.6) is 0 Å². The zero-order valence-electron chi connectivity index (χ0n) is 10.5. The standard InChI is InChI=1S/C12H17N5O/c1-8(2)10(13)6-15-12(18)9-5-16-17-4-3-14-7-11(9)17/h3-5,7-8,10H,6,13H2,1-2H3,(H,15,18). The maximum atomic E-state index is 12.0. The first-order chi connectivity index (χ1) is 8.59. The predicted octanol–water partition coefficient (Wildman–Crippen LogP) is 0.442. The second-order valence-corrected chi connectivity index (χ2v) is 4.58. The Hall–Kier alpha value is -1.95. The Labute approximate surface area is 105 Å². The van der Waals surface area contributed by atoms with Crippen molar-refractivity contribution in [2.45, 2.75) is 19.9 Å². The molecule has 3 N–H and O–H groups in total. The average molecular weight is 247 g/mol. The smallest absolute Gasteiger partial charge is 0.255 e. The molecule has 2 aromatic heterocycles. The maximum absolute atomic E-state index is 12.0. The highest BCUT2D eigenvalue weighted by atomic mass is 16.1. The number of hydrogen-bond acceptors (Lipinski definition) is 4. The number of nitrogens with one attached hydrogen (secondary N) is 1. The summed E-state index contributed by atoms with van der Waals surface area (Å²) in [4.78, 5) is 16.0. The highest BCUT2D eigenvalue weighted by Gasteiger charge is 2.14. The topological polar surface area (TPSA) is 85.3 Å². The minimum absolute atomic E-state index is 0.0473. The third-order valence-corrected chi connectivity index (χ3v) is 2.92. The number of nitrogens with zero attached hydrogens (tertiary/aromatic N) is 3. The van der Waals surface area contributed by atoms with Crippen molar-refractivity contribution in [1.82, 2.24) is 19.9 Å². The van der Waals surface area contributed by atoms with E-state index >= 15 is 0 Å². The van der Waals surface area contributed by atoms with E-state index in [4.69, 9.17) is 5.73 Å². The second-order valence-electron chi connectivity index (χ2n) is 4.58. The SMILES string of the molecule is CC(C)C(N)CNC(=O)c1cnn2ccncc12. The van der Waals surface area contributed by atoms with Crippen LogP contribution in [0.15, 0.2) is 24.8 Å². The molecule has 6 heteroatoms. The van der Waals surface area contributed by atoms with E-state index in [9.17, 15) is 4.79 Å². The van der Waals surface area contributed by atoms with Gasteiger partial charge < -0.3 is 11.1 Å². The summed E-state index contributed by atoms with van der Waals surface area (Å²) in [5.41, 5.74) is 7.08. The van der Waals surface area contributed by atoms with Gasteiger partial charge in [-0.2, -0.15) is 5.10 Å². The summed E-state index contributed by atoms with van der Waals surface area (Å²) in [6.45, 7) is 4.50. The summed E-state index contributed by atoms with van der Waals surface area (Å²) >= 11 is 0. The number of fused-ring (bicyclic) bond motifs is 1. The van der Waals surface area contributed by atoms with Crippen LogP contribution in [-0.4, -0.2) is 33.1 Å². The minimum Gasteiger partial charge on any atom is -0.350 e. The summed E-state index contributed by atoms with van der Waals surface area (Å²) in [6.07, 6.45) is 6.47. The molecule has 0 saturated carbocycles. The average Bonchev–Trinajstić information content (AvgIpc) is 2.79. The highest BCUT2D eigenvalue weighted by Crippen LogP contribution is 2.08. The summed E-state index contributed by atoms with van der Waals surface area (Å²) in [6, 6.07) is -0.0473. The molecular formula is C12H17N5O. The monoisotopic (exact) mass is 247 g/mol. The van der Waals surface area contributed by atoms with E-state index in [1.807, 2.05) is 13.8 Å². The quantitative estimate of drug-likeness (QED) is 0.821. The fourth-order valence-corrected chi connectivity index (χ4v) is 1.55. The molecule has 18 heavy (non-hydrogen) atoms. The van der Waals surface area contributed by atoms with Crippen LogP contribution in [0.4, 0.5) is 0 Å². The number of carbonyl (C=O) groups excluding carboxylic acids is 1. The largest absolute Gasteiger partial charge is 0.350 e. The molecule has 1 unspecified atom stereocenters. The van der Waals surface area contributed by atoms with Gasteiger partial charge in [-0.3, -0.25) is 9.78 Å². The zero-order valence-corrected chi connectivity index (χ0v) is 10.5.